The molecule has 0 amide bonds. The standard InChI is InChI=1S/C15H12BrClN2O/c1-8(2)13-12(16)14(17)19-15(18-13)11-7-9-5-3-4-6-10(9)20-11/h3-8H,1-2H3. The van der Waals surface area contributed by atoms with Crippen LogP contribution >= 0.6 is 27.5 Å². The van der Waals surface area contributed by atoms with E-state index in [-0.39, 0.29) is 5.92 Å². The van der Waals surface area contributed by atoms with Crippen LogP contribution in [0.1, 0.15) is 25.5 Å². The van der Waals surface area contributed by atoms with E-state index in [1.54, 1.807) is 0 Å². The molecule has 2 heterocycles. The van der Waals surface area contributed by atoms with Crippen molar-refractivity contribution < 1.29 is 4.42 Å². The number of nitrogens with zero attached hydrogens (tertiary/aromatic N) is 2. The van der Waals surface area contributed by atoms with Gasteiger partial charge in [0.15, 0.2) is 11.6 Å². The van der Waals surface area contributed by atoms with Crippen LogP contribution in [0.2, 0.25) is 5.15 Å². The van der Waals surface area contributed by atoms with E-state index in [9.17, 15) is 0 Å². The highest BCUT2D eigenvalue weighted by molar-refractivity contribution is 9.10. The second kappa shape index (κ2) is 5.19. The van der Waals surface area contributed by atoms with Crippen molar-refractivity contribution in [2.24, 2.45) is 0 Å². The molecule has 0 saturated carbocycles. The van der Waals surface area contributed by atoms with Crippen molar-refractivity contribution in [3.63, 3.8) is 0 Å². The molecule has 2 aromatic heterocycles. The predicted octanol–water partition coefficient (Wildman–Crippen LogP) is 5.43. The van der Waals surface area contributed by atoms with Crippen LogP contribution in [-0.4, -0.2) is 9.97 Å². The van der Waals surface area contributed by atoms with E-state index in [2.05, 4.69) is 39.7 Å². The first kappa shape index (κ1) is 13.6. The molecule has 0 bridgehead atoms. The molecule has 20 heavy (non-hydrogen) atoms. The highest BCUT2D eigenvalue weighted by Gasteiger charge is 2.17. The van der Waals surface area contributed by atoms with Crippen molar-refractivity contribution in [3.8, 4) is 11.6 Å². The molecule has 0 radical (unpaired) electrons. The van der Waals surface area contributed by atoms with Gasteiger partial charge in [0.25, 0.3) is 0 Å². The number of hydrogen-bond donors (Lipinski definition) is 0. The number of rotatable bonds is 2. The Morgan fingerprint density at radius 2 is 1.95 bits per heavy atom. The third kappa shape index (κ3) is 2.34. The molecule has 0 aliphatic carbocycles. The first-order valence-electron chi connectivity index (χ1n) is 6.28. The normalized spacial score (nSPS) is 11.4. The van der Waals surface area contributed by atoms with Gasteiger partial charge in [-0.25, -0.2) is 9.97 Å². The molecule has 0 spiro atoms. The lowest BCUT2D eigenvalue weighted by molar-refractivity contribution is 0.623. The molecule has 0 fully saturated rings. The summed E-state index contributed by atoms with van der Waals surface area (Å²) in [5.74, 6) is 1.38. The number of benzene rings is 1. The molecule has 0 atom stereocenters. The average molecular weight is 352 g/mol. The number of halogens is 2. The van der Waals surface area contributed by atoms with E-state index in [0.717, 1.165) is 21.1 Å². The third-order valence-corrected chi connectivity index (χ3v) is 4.31. The van der Waals surface area contributed by atoms with Crippen molar-refractivity contribution in [1.29, 1.82) is 0 Å². The van der Waals surface area contributed by atoms with Gasteiger partial charge in [-0.3, -0.25) is 0 Å². The Balaban J connectivity index is 2.18. The molecule has 1 aromatic carbocycles. The van der Waals surface area contributed by atoms with E-state index in [0.29, 0.717) is 16.7 Å². The Bertz CT molecular complexity index is 750. The Morgan fingerprint density at radius 3 is 2.65 bits per heavy atom. The average Bonchev–Trinajstić information content (AvgIpc) is 2.85. The summed E-state index contributed by atoms with van der Waals surface area (Å²) in [6.45, 7) is 4.12. The van der Waals surface area contributed by atoms with E-state index >= 15 is 0 Å². The van der Waals surface area contributed by atoms with Crippen LogP contribution in [0.5, 0.6) is 0 Å². The van der Waals surface area contributed by atoms with Gasteiger partial charge in [0.1, 0.15) is 10.7 Å². The SMILES string of the molecule is CC(C)c1nc(-c2cc3ccccc3o2)nc(Cl)c1Br. The molecule has 0 unspecified atom stereocenters. The lowest BCUT2D eigenvalue weighted by Gasteiger charge is -2.09. The minimum Gasteiger partial charge on any atom is -0.453 e. The van der Waals surface area contributed by atoms with Crippen molar-refractivity contribution >= 4 is 38.5 Å². The first-order valence-corrected chi connectivity index (χ1v) is 7.45. The summed E-state index contributed by atoms with van der Waals surface area (Å²) >= 11 is 9.61. The van der Waals surface area contributed by atoms with E-state index in [4.69, 9.17) is 16.0 Å². The van der Waals surface area contributed by atoms with Crippen LogP contribution in [0.3, 0.4) is 0 Å². The summed E-state index contributed by atoms with van der Waals surface area (Å²) in [5.41, 5.74) is 1.69. The maximum atomic E-state index is 6.17. The van der Waals surface area contributed by atoms with E-state index < -0.39 is 0 Å². The van der Waals surface area contributed by atoms with Gasteiger partial charge < -0.3 is 4.42 Å². The second-order valence-electron chi connectivity index (χ2n) is 4.84. The fourth-order valence-corrected chi connectivity index (χ4v) is 2.83. The predicted molar refractivity (Wildman–Crippen MR) is 84.0 cm³/mol. The topological polar surface area (TPSA) is 38.9 Å². The van der Waals surface area contributed by atoms with Crippen LogP contribution in [0.15, 0.2) is 39.2 Å². The first-order chi connectivity index (χ1) is 9.56. The van der Waals surface area contributed by atoms with Crippen LogP contribution in [0, 0.1) is 0 Å². The molecule has 0 saturated heterocycles. The molecule has 3 rings (SSSR count). The largest absolute Gasteiger partial charge is 0.453 e. The maximum absolute atomic E-state index is 6.17. The van der Waals surface area contributed by atoms with Crippen molar-refractivity contribution in [2.75, 3.05) is 0 Å². The van der Waals surface area contributed by atoms with E-state index in [1.165, 1.54) is 0 Å². The molecule has 3 aromatic rings. The molecule has 0 N–H and O–H groups in total. The zero-order valence-electron chi connectivity index (χ0n) is 11.0. The summed E-state index contributed by atoms with van der Waals surface area (Å²) in [6, 6.07) is 9.75. The fraction of sp³-hybridized carbons (Fsp3) is 0.200. The van der Waals surface area contributed by atoms with Crippen molar-refractivity contribution in [2.45, 2.75) is 19.8 Å². The number of para-hydroxylation sites is 1. The van der Waals surface area contributed by atoms with Gasteiger partial charge in [-0.1, -0.05) is 43.6 Å². The number of fused-ring (bicyclic) bond motifs is 1. The van der Waals surface area contributed by atoms with Crippen molar-refractivity contribution in [3.05, 3.63) is 45.7 Å². The summed E-state index contributed by atoms with van der Waals surface area (Å²) in [4.78, 5) is 8.86. The van der Waals surface area contributed by atoms with Crippen LogP contribution in [0.4, 0.5) is 0 Å². The summed E-state index contributed by atoms with van der Waals surface area (Å²) in [6.07, 6.45) is 0. The van der Waals surface area contributed by atoms with Gasteiger partial charge in [-0.15, -0.1) is 0 Å². The minimum atomic E-state index is 0.244. The van der Waals surface area contributed by atoms with Gasteiger partial charge in [0, 0.05) is 5.39 Å². The number of furan rings is 1. The van der Waals surface area contributed by atoms with Gasteiger partial charge in [0.2, 0.25) is 0 Å². The quantitative estimate of drug-likeness (QED) is 0.578. The molecular weight excluding hydrogens is 340 g/mol. The smallest absolute Gasteiger partial charge is 0.197 e. The minimum absolute atomic E-state index is 0.244. The van der Waals surface area contributed by atoms with Crippen LogP contribution < -0.4 is 0 Å². The van der Waals surface area contributed by atoms with Crippen LogP contribution in [0.25, 0.3) is 22.6 Å². The Labute approximate surface area is 130 Å². The molecule has 3 nitrogen and oxygen atoms in total. The van der Waals surface area contributed by atoms with Crippen molar-refractivity contribution in [1.82, 2.24) is 9.97 Å². The summed E-state index contributed by atoms with van der Waals surface area (Å²) in [5, 5.41) is 1.43. The van der Waals surface area contributed by atoms with E-state index in [1.807, 2.05) is 30.3 Å². The highest BCUT2D eigenvalue weighted by atomic mass is 79.9. The van der Waals surface area contributed by atoms with Crippen LogP contribution in [-0.2, 0) is 0 Å². The maximum Gasteiger partial charge on any atom is 0.197 e. The zero-order valence-corrected chi connectivity index (χ0v) is 13.4. The van der Waals surface area contributed by atoms with Gasteiger partial charge >= 0.3 is 0 Å². The molecule has 0 aliphatic rings. The molecule has 0 aliphatic heterocycles. The van der Waals surface area contributed by atoms with Gasteiger partial charge in [-0.05, 0) is 34.0 Å². The second-order valence-corrected chi connectivity index (χ2v) is 5.99. The molecule has 5 heteroatoms. The Hall–Kier alpha value is -1.39. The number of aromatic nitrogens is 2. The van der Waals surface area contributed by atoms with Gasteiger partial charge in [-0.2, -0.15) is 0 Å². The lowest BCUT2D eigenvalue weighted by Crippen LogP contribution is -1.99. The molecular formula is C15H12BrClN2O. The molecule has 102 valence electrons. The zero-order chi connectivity index (χ0) is 14.3. The number of hydrogen-bond acceptors (Lipinski definition) is 3. The summed E-state index contributed by atoms with van der Waals surface area (Å²) in [7, 11) is 0. The highest BCUT2D eigenvalue weighted by Crippen LogP contribution is 2.32. The fourth-order valence-electron chi connectivity index (χ4n) is 2.02. The Kier molecular flexibility index (Phi) is 3.52. The summed E-state index contributed by atoms with van der Waals surface area (Å²) < 4.78 is 6.53. The lowest BCUT2D eigenvalue weighted by atomic mass is 10.1. The Morgan fingerprint density at radius 1 is 1.20 bits per heavy atom. The third-order valence-electron chi connectivity index (χ3n) is 3.03. The monoisotopic (exact) mass is 350 g/mol. The van der Waals surface area contributed by atoms with Gasteiger partial charge in [0.05, 0.1) is 10.2 Å².